The molecule has 0 radical (unpaired) electrons. The molecular weight excluding hydrogens is 340 g/mol. The Hall–Kier alpha value is -2.08. The Balaban J connectivity index is 1.68. The number of benzene rings is 1. The lowest BCUT2D eigenvalue weighted by atomic mass is 9.67. The third-order valence-corrected chi connectivity index (χ3v) is 6.27. The Morgan fingerprint density at radius 2 is 1.67 bits per heavy atom. The number of nitrogens with zero attached hydrogens (tertiary/aromatic N) is 3. The van der Waals surface area contributed by atoms with Crippen LogP contribution in [0.3, 0.4) is 0 Å². The van der Waals surface area contributed by atoms with Crippen LogP contribution in [0.15, 0.2) is 24.3 Å². The van der Waals surface area contributed by atoms with Crippen LogP contribution in [0.2, 0.25) is 0 Å². The molecule has 6 nitrogen and oxygen atoms in total. The molecule has 2 atom stereocenters. The van der Waals surface area contributed by atoms with Crippen LogP contribution in [0.1, 0.15) is 38.7 Å². The van der Waals surface area contributed by atoms with Crippen molar-refractivity contribution in [1.29, 1.82) is 0 Å². The normalized spacial score (nSPS) is 28.1. The summed E-state index contributed by atoms with van der Waals surface area (Å²) in [5, 5.41) is 3.06. The largest absolute Gasteiger partial charge is 0.378 e. The molecule has 1 aliphatic carbocycles. The fourth-order valence-corrected chi connectivity index (χ4v) is 4.58. The number of anilines is 1. The number of nitrogens with one attached hydrogen (secondary N) is 1. The average Bonchev–Trinajstić information content (AvgIpc) is 2.86. The van der Waals surface area contributed by atoms with E-state index < -0.39 is 5.54 Å². The van der Waals surface area contributed by atoms with Gasteiger partial charge >= 0.3 is 6.03 Å². The van der Waals surface area contributed by atoms with E-state index in [9.17, 15) is 9.59 Å². The summed E-state index contributed by atoms with van der Waals surface area (Å²) in [6, 6.07) is 8.08. The van der Waals surface area contributed by atoms with Gasteiger partial charge in [-0.2, -0.15) is 0 Å². The molecule has 1 aromatic rings. The van der Waals surface area contributed by atoms with Crippen LogP contribution in [0, 0.1) is 11.8 Å². The first-order valence-corrected chi connectivity index (χ1v) is 9.84. The molecule has 3 rings (SSSR count). The topological polar surface area (TPSA) is 55.9 Å². The van der Waals surface area contributed by atoms with Crippen LogP contribution in [0.5, 0.6) is 0 Å². The van der Waals surface area contributed by atoms with Gasteiger partial charge in [0.1, 0.15) is 5.54 Å². The van der Waals surface area contributed by atoms with Crippen LogP contribution in [0.25, 0.3) is 0 Å². The van der Waals surface area contributed by atoms with Gasteiger partial charge in [-0.15, -0.1) is 0 Å². The van der Waals surface area contributed by atoms with Gasteiger partial charge in [-0.05, 0) is 49.4 Å². The molecule has 2 unspecified atom stereocenters. The second-order valence-electron chi connectivity index (χ2n) is 8.48. The molecule has 1 heterocycles. The van der Waals surface area contributed by atoms with Gasteiger partial charge in [0, 0.05) is 26.3 Å². The van der Waals surface area contributed by atoms with Crippen LogP contribution in [-0.2, 0) is 11.3 Å². The van der Waals surface area contributed by atoms with Crippen molar-refractivity contribution in [2.24, 2.45) is 11.8 Å². The Labute approximate surface area is 162 Å². The number of imide groups is 1. The highest BCUT2D eigenvalue weighted by Crippen LogP contribution is 2.42. The van der Waals surface area contributed by atoms with Gasteiger partial charge in [-0.1, -0.05) is 32.4 Å². The van der Waals surface area contributed by atoms with E-state index in [-0.39, 0.29) is 23.8 Å². The highest BCUT2D eigenvalue weighted by Gasteiger charge is 2.58. The Kier molecular flexibility index (Phi) is 5.47. The van der Waals surface area contributed by atoms with Gasteiger partial charge in [0.05, 0.1) is 6.67 Å². The zero-order valence-electron chi connectivity index (χ0n) is 17.2. The smallest absolute Gasteiger partial charge is 0.326 e. The van der Waals surface area contributed by atoms with Crippen molar-refractivity contribution in [1.82, 2.24) is 15.1 Å². The molecule has 0 bridgehead atoms. The van der Waals surface area contributed by atoms with Crippen LogP contribution in [-0.4, -0.2) is 55.1 Å². The Morgan fingerprint density at radius 1 is 1.07 bits per heavy atom. The van der Waals surface area contributed by atoms with Gasteiger partial charge in [-0.3, -0.25) is 9.69 Å². The molecular formula is C21H32N4O2. The minimum Gasteiger partial charge on any atom is -0.378 e. The predicted octanol–water partition coefficient (Wildman–Crippen LogP) is 2.89. The number of carbonyl (C=O) groups is 2. The van der Waals surface area contributed by atoms with E-state index >= 15 is 0 Å². The summed E-state index contributed by atoms with van der Waals surface area (Å²) in [6.45, 7) is 5.17. The van der Waals surface area contributed by atoms with Crippen molar-refractivity contribution in [3.05, 3.63) is 29.8 Å². The van der Waals surface area contributed by atoms with E-state index in [1.807, 2.05) is 26.0 Å². The fourth-order valence-electron chi connectivity index (χ4n) is 4.58. The van der Waals surface area contributed by atoms with E-state index in [4.69, 9.17) is 0 Å². The van der Waals surface area contributed by atoms with Gasteiger partial charge in [0.25, 0.3) is 5.91 Å². The van der Waals surface area contributed by atoms with Crippen molar-refractivity contribution >= 4 is 17.6 Å². The summed E-state index contributed by atoms with van der Waals surface area (Å²) in [6.07, 6.45) is 3.09. The molecule has 6 heteroatoms. The number of carbonyl (C=O) groups excluding carboxylic acids is 2. The minimum absolute atomic E-state index is 0.0537. The fraction of sp³-hybridized carbons (Fsp3) is 0.619. The standard InChI is InChI=1S/C21H32N4O2/c1-15-7-6-8-16(2)21(15)19(26)25(20(27)22-21)14-24(5)13-17-9-11-18(12-10-17)23(3)4/h9-12,15-16H,6-8,13-14H2,1-5H3,(H,22,27). The lowest BCUT2D eigenvalue weighted by Gasteiger charge is -2.42. The monoisotopic (exact) mass is 372 g/mol. The minimum atomic E-state index is -0.719. The predicted molar refractivity (Wildman–Crippen MR) is 107 cm³/mol. The SMILES string of the molecule is CC1CCCC(C)C12NC(=O)N(CN(C)Cc1ccc(N(C)C)cc1)C2=O. The molecule has 0 aromatic heterocycles. The summed E-state index contributed by atoms with van der Waals surface area (Å²) in [4.78, 5) is 31.3. The maximum Gasteiger partial charge on any atom is 0.326 e. The Morgan fingerprint density at radius 3 is 2.22 bits per heavy atom. The summed E-state index contributed by atoms with van der Waals surface area (Å²) in [5.74, 6) is 0.292. The van der Waals surface area contributed by atoms with E-state index in [0.29, 0.717) is 13.2 Å². The maximum atomic E-state index is 13.2. The van der Waals surface area contributed by atoms with Crippen LogP contribution in [0.4, 0.5) is 10.5 Å². The van der Waals surface area contributed by atoms with Crippen molar-refractivity contribution in [3.8, 4) is 0 Å². The molecule has 3 amide bonds. The zero-order valence-corrected chi connectivity index (χ0v) is 17.2. The van der Waals surface area contributed by atoms with Gasteiger partial charge in [0.15, 0.2) is 0 Å². The quantitative estimate of drug-likeness (QED) is 0.808. The number of rotatable bonds is 5. The van der Waals surface area contributed by atoms with E-state index in [2.05, 4.69) is 48.3 Å². The van der Waals surface area contributed by atoms with Gasteiger partial charge in [-0.25, -0.2) is 9.69 Å². The summed E-state index contributed by atoms with van der Waals surface area (Å²) < 4.78 is 0. The molecule has 2 aliphatic rings. The number of urea groups is 1. The molecule has 1 N–H and O–H groups in total. The molecule has 27 heavy (non-hydrogen) atoms. The van der Waals surface area contributed by atoms with Crippen LogP contribution < -0.4 is 10.2 Å². The summed E-state index contributed by atoms with van der Waals surface area (Å²) in [7, 11) is 5.97. The van der Waals surface area contributed by atoms with Crippen LogP contribution >= 0.6 is 0 Å². The second-order valence-corrected chi connectivity index (χ2v) is 8.48. The summed E-state index contributed by atoms with van der Waals surface area (Å²) >= 11 is 0. The van der Waals surface area contributed by atoms with E-state index in [1.165, 1.54) is 4.90 Å². The lowest BCUT2D eigenvalue weighted by molar-refractivity contribution is -0.137. The highest BCUT2D eigenvalue weighted by molar-refractivity contribution is 6.07. The van der Waals surface area contributed by atoms with Crippen molar-refractivity contribution in [2.45, 2.75) is 45.2 Å². The molecule has 2 fully saturated rings. The third-order valence-electron chi connectivity index (χ3n) is 6.27. The van der Waals surface area contributed by atoms with Gasteiger partial charge in [0.2, 0.25) is 0 Å². The zero-order chi connectivity index (χ0) is 19.8. The van der Waals surface area contributed by atoms with Gasteiger partial charge < -0.3 is 10.2 Å². The average molecular weight is 373 g/mol. The molecule has 1 aliphatic heterocycles. The second kappa shape index (κ2) is 7.50. The first-order valence-electron chi connectivity index (χ1n) is 9.84. The number of hydrogen-bond acceptors (Lipinski definition) is 4. The highest BCUT2D eigenvalue weighted by atomic mass is 16.2. The van der Waals surface area contributed by atoms with E-state index in [1.54, 1.807) is 0 Å². The molecule has 148 valence electrons. The number of amides is 3. The van der Waals surface area contributed by atoms with Crippen molar-refractivity contribution < 1.29 is 9.59 Å². The van der Waals surface area contributed by atoms with Crippen molar-refractivity contribution in [3.63, 3.8) is 0 Å². The van der Waals surface area contributed by atoms with Crippen molar-refractivity contribution in [2.75, 3.05) is 32.7 Å². The first kappa shape index (κ1) is 19.7. The molecule has 1 spiro atoms. The molecule has 1 aromatic carbocycles. The van der Waals surface area contributed by atoms with E-state index in [0.717, 1.165) is 30.5 Å². The third kappa shape index (κ3) is 3.55. The molecule has 1 saturated carbocycles. The first-order chi connectivity index (χ1) is 12.8. The summed E-state index contributed by atoms with van der Waals surface area (Å²) in [5.41, 5.74) is 1.59. The number of hydrogen-bond donors (Lipinski definition) is 1. The Bertz CT molecular complexity index is 691. The lowest BCUT2D eigenvalue weighted by Crippen LogP contribution is -2.59. The molecule has 1 saturated heterocycles. The maximum absolute atomic E-state index is 13.2.